The van der Waals surface area contributed by atoms with Crippen molar-refractivity contribution in [3.63, 3.8) is 0 Å². The van der Waals surface area contributed by atoms with Crippen LogP contribution in [0.15, 0.2) is 64.0 Å². The molecule has 0 spiro atoms. The van der Waals surface area contributed by atoms with Gasteiger partial charge in [0, 0.05) is 18.3 Å². The van der Waals surface area contributed by atoms with Crippen LogP contribution in [0.3, 0.4) is 0 Å². The number of hydrogen-bond donors (Lipinski definition) is 3. The lowest BCUT2D eigenvalue weighted by Crippen LogP contribution is -2.09. The molecule has 142 valence electrons. The third-order valence-corrected chi connectivity index (χ3v) is 4.17. The Morgan fingerprint density at radius 2 is 1.64 bits per heavy atom. The molecule has 0 amide bonds. The third kappa shape index (κ3) is 3.58. The first-order valence-corrected chi connectivity index (χ1v) is 8.92. The van der Waals surface area contributed by atoms with E-state index in [0.717, 1.165) is 29.9 Å². The Balaban J connectivity index is 1.89. The first-order chi connectivity index (χ1) is 13.8. The lowest BCUT2D eigenvalue weighted by molar-refractivity contribution is 0.577. The minimum Gasteiger partial charge on any atom is -0.463 e. The summed E-state index contributed by atoms with van der Waals surface area (Å²) in [4.78, 5) is 13.3. The minimum atomic E-state index is 0.136. The Bertz CT molecular complexity index is 989. The molecule has 0 bridgehead atoms. The molecule has 0 saturated heterocycles. The largest absolute Gasteiger partial charge is 0.463 e. The monoisotopic (exact) mass is 376 g/mol. The fourth-order valence-corrected chi connectivity index (χ4v) is 2.94. The number of rotatable bonds is 7. The molecule has 4 aromatic rings. The van der Waals surface area contributed by atoms with Crippen molar-refractivity contribution in [3.05, 3.63) is 55.1 Å². The van der Waals surface area contributed by atoms with Crippen molar-refractivity contribution in [1.29, 1.82) is 0 Å². The zero-order valence-electron chi connectivity index (χ0n) is 15.1. The van der Waals surface area contributed by atoms with Crippen molar-refractivity contribution in [1.82, 2.24) is 15.0 Å². The molecule has 0 aliphatic rings. The first kappa shape index (κ1) is 17.7. The van der Waals surface area contributed by atoms with Gasteiger partial charge in [0.25, 0.3) is 0 Å². The molecule has 0 aliphatic heterocycles. The molecule has 0 aliphatic carbocycles. The normalized spacial score (nSPS) is 10.9. The molecular weight excluding hydrogens is 356 g/mol. The summed E-state index contributed by atoms with van der Waals surface area (Å²) in [5.41, 5.74) is 14.3. The van der Waals surface area contributed by atoms with Crippen molar-refractivity contribution >= 4 is 11.8 Å². The van der Waals surface area contributed by atoms with E-state index < -0.39 is 0 Å². The van der Waals surface area contributed by atoms with Crippen LogP contribution in [0.4, 0.5) is 11.8 Å². The number of nitrogens with zero attached hydrogens (tertiary/aromatic N) is 3. The van der Waals surface area contributed by atoms with Gasteiger partial charge < -0.3 is 25.6 Å². The van der Waals surface area contributed by atoms with Gasteiger partial charge in [0.1, 0.15) is 17.2 Å². The van der Waals surface area contributed by atoms with Crippen molar-refractivity contribution in [2.45, 2.75) is 6.42 Å². The van der Waals surface area contributed by atoms with Crippen LogP contribution in [0.5, 0.6) is 0 Å². The van der Waals surface area contributed by atoms with Gasteiger partial charge in [-0.3, -0.25) is 0 Å². The Morgan fingerprint density at radius 3 is 2.21 bits per heavy atom. The smallest absolute Gasteiger partial charge is 0.221 e. The SMILES string of the molecule is NCCCNc1cc(-c2c(-c3ccco3)nc(N)nc2-c2ccco2)ccn1. The van der Waals surface area contributed by atoms with Gasteiger partial charge in [-0.2, -0.15) is 0 Å². The number of aromatic nitrogens is 3. The van der Waals surface area contributed by atoms with E-state index in [1.165, 1.54) is 0 Å². The van der Waals surface area contributed by atoms with Crippen LogP contribution in [-0.4, -0.2) is 28.0 Å². The summed E-state index contributed by atoms with van der Waals surface area (Å²) in [5.74, 6) is 2.05. The van der Waals surface area contributed by atoms with E-state index in [9.17, 15) is 0 Å². The summed E-state index contributed by atoms with van der Waals surface area (Å²) in [5, 5.41) is 3.27. The Kier molecular flexibility index (Phi) is 5.03. The molecule has 4 heterocycles. The van der Waals surface area contributed by atoms with Gasteiger partial charge in [0.05, 0.1) is 12.5 Å². The van der Waals surface area contributed by atoms with E-state index in [-0.39, 0.29) is 5.95 Å². The maximum Gasteiger partial charge on any atom is 0.221 e. The van der Waals surface area contributed by atoms with Crippen LogP contribution in [0, 0.1) is 0 Å². The molecule has 5 N–H and O–H groups in total. The number of nitrogen functional groups attached to an aromatic ring is 1. The number of nitrogens with two attached hydrogens (primary N) is 2. The summed E-state index contributed by atoms with van der Waals surface area (Å²) in [6.45, 7) is 1.35. The van der Waals surface area contributed by atoms with Gasteiger partial charge in [0.2, 0.25) is 5.95 Å². The highest BCUT2D eigenvalue weighted by atomic mass is 16.3. The fraction of sp³-hybridized carbons (Fsp3) is 0.150. The van der Waals surface area contributed by atoms with E-state index >= 15 is 0 Å². The lowest BCUT2D eigenvalue weighted by atomic mass is 10.00. The predicted octanol–water partition coefficient (Wildman–Crippen LogP) is 3.40. The van der Waals surface area contributed by atoms with Crippen molar-refractivity contribution in [2.24, 2.45) is 5.73 Å². The Labute approximate surface area is 161 Å². The van der Waals surface area contributed by atoms with Crippen molar-refractivity contribution < 1.29 is 8.83 Å². The molecule has 0 aromatic carbocycles. The third-order valence-electron chi connectivity index (χ3n) is 4.17. The number of furan rings is 2. The molecule has 4 aromatic heterocycles. The number of anilines is 2. The molecule has 28 heavy (non-hydrogen) atoms. The van der Waals surface area contributed by atoms with Crippen LogP contribution in [0.25, 0.3) is 34.0 Å². The van der Waals surface area contributed by atoms with Crippen LogP contribution in [0.2, 0.25) is 0 Å². The van der Waals surface area contributed by atoms with Crippen LogP contribution in [0.1, 0.15) is 6.42 Å². The van der Waals surface area contributed by atoms with Gasteiger partial charge in [-0.25, -0.2) is 15.0 Å². The Morgan fingerprint density at radius 1 is 0.964 bits per heavy atom. The van der Waals surface area contributed by atoms with Crippen molar-refractivity contribution in [3.8, 4) is 34.0 Å². The van der Waals surface area contributed by atoms with Gasteiger partial charge >= 0.3 is 0 Å². The second kappa shape index (κ2) is 7.93. The lowest BCUT2D eigenvalue weighted by Gasteiger charge is -2.13. The van der Waals surface area contributed by atoms with E-state index in [2.05, 4.69) is 20.3 Å². The quantitative estimate of drug-likeness (QED) is 0.419. The number of hydrogen-bond acceptors (Lipinski definition) is 8. The molecule has 0 radical (unpaired) electrons. The van der Waals surface area contributed by atoms with Gasteiger partial charge in [-0.05, 0) is 54.9 Å². The van der Waals surface area contributed by atoms with Crippen LogP contribution < -0.4 is 16.8 Å². The van der Waals surface area contributed by atoms with Crippen molar-refractivity contribution in [2.75, 3.05) is 24.1 Å². The molecule has 0 unspecified atom stereocenters. The molecule has 0 fully saturated rings. The van der Waals surface area contributed by atoms with Gasteiger partial charge in [-0.15, -0.1) is 0 Å². The summed E-state index contributed by atoms with van der Waals surface area (Å²) in [6.07, 6.45) is 5.77. The summed E-state index contributed by atoms with van der Waals surface area (Å²) >= 11 is 0. The zero-order chi connectivity index (χ0) is 19.3. The molecular formula is C20H20N6O2. The topological polar surface area (TPSA) is 129 Å². The number of nitrogens with one attached hydrogen (secondary N) is 1. The van der Waals surface area contributed by atoms with E-state index in [1.807, 2.05) is 24.3 Å². The number of pyridine rings is 1. The van der Waals surface area contributed by atoms with E-state index in [1.54, 1.807) is 30.9 Å². The first-order valence-electron chi connectivity index (χ1n) is 8.92. The molecule has 8 heteroatoms. The minimum absolute atomic E-state index is 0.136. The summed E-state index contributed by atoms with van der Waals surface area (Å²) in [6, 6.07) is 11.1. The highest BCUT2D eigenvalue weighted by molar-refractivity contribution is 5.89. The fourth-order valence-electron chi connectivity index (χ4n) is 2.94. The van der Waals surface area contributed by atoms with Crippen LogP contribution >= 0.6 is 0 Å². The average Bonchev–Trinajstić information content (AvgIpc) is 3.42. The highest BCUT2D eigenvalue weighted by Gasteiger charge is 2.21. The second-order valence-electron chi connectivity index (χ2n) is 6.11. The predicted molar refractivity (Wildman–Crippen MR) is 107 cm³/mol. The van der Waals surface area contributed by atoms with E-state index in [0.29, 0.717) is 29.5 Å². The van der Waals surface area contributed by atoms with Gasteiger partial charge in [0.15, 0.2) is 11.5 Å². The Hall–Kier alpha value is -3.65. The summed E-state index contributed by atoms with van der Waals surface area (Å²) < 4.78 is 11.2. The average molecular weight is 376 g/mol. The molecule has 8 nitrogen and oxygen atoms in total. The maximum absolute atomic E-state index is 5.99. The van der Waals surface area contributed by atoms with Crippen LogP contribution in [-0.2, 0) is 0 Å². The summed E-state index contributed by atoms with van der Waals surface area (Å²) in [7, 11) is 0. The zero-order valence-corrected chi connectivity index (χ0v) is 15.1. The molecule has 0 atom stereocenters. The maximum atomic E-state index is 5.99. The highest BCUT2D eigenvalue weighted by Crippen LogP contribution is 2.39. The molecule has 0 saturated carbocycles. The second-order valence-corrected chi connectivity index (χ2v) is 6.11. The standard InChI is InChI=1S/C20H20N6O2/c21-7-3-8-23-16-12-13(6-9-24-16)17-18(14-4-1-10-27-14)25-20(22)26-19(17)15-5-2-11-28-15/h1-2,4-6,9-12H,3,7-8,21H2,(H,23,24)(H2,22,25,26). The molecule has 4 rings (SSSR count). The van der Waals surface area contributed by atoms with E-state index in [4.69, 9.17) is 20.3 Å². The van der Waals surface area contributed by atoms with Gasteiger partial charge in [-0.1, -0.05) is 0 Å².